The molecule has 0 saturated carbocycles. The van der Waals surface area contributed by atoms with Crippen molar-refractivity contribution in [3.63, 3.8) is 0 Å². The second-order valence-corrected chi connectivity index (χ2v) is 46.6. The summed E-state index contributed by atoms with van der Waals surface area (Å²) in [7, 11) is 1.11. The number of halogens is 15. The van der Waals surface area contributed by atoms with Crippen LogP contribution in [0, 0.1) is 16.2 Å². The fourth-order valence-electron chi connectivity index (χ4n) is 34.9. The van der Waals surface area contributed by atoms with Crippen molar-refractivity contribution in [2.24, 2.45) is 16.2 Å². The highest BCUT2D eigenvalue weighted by atomic mass is 19.2. The van der Waals surface area contributed by atoms with Crippen molar-refractivity contribution in [2.75, 3.05) is 21.3 Å². The van der Waals surface area contributed by atoms with Crippen molar-refractivity contribution in [3.05, 3.63) is 100 Å². The van der Waals surface area contributed by atoms with E-state index in [1.54, 1.807) is 0 Å². The van der Waals surface area contributed by atoms with Crippen molar-refractivity contribution in [1.29, 1.82) is 0 Å². The van der Waals surface area contributed by atoms with Crippen molar-refractivity contribution >= 4 is 183 Å². The Balaban J connectivity index is 1.04. The molecule has 0 aliphatic heterocycles. The molecule has 18 aliphatic rings. The van der Waals surface area contributed by atoms with Crippen LogP contribution in [0.5, 0.6) is 0 Å². The van der Waals surface area contributed by atoms with E-state index in [2.05, 4.69) is 0 Å². The third kappa shape index (κ3) is 4.70. The maximum absolute atomic E-state index is 25.5. The quantitative estimate of drug-likeness (QED) is 0.0363. The lowest BCUT2D eigenvalue weighted by Gasteiger charge is -2.71. The second kappa shape index (κ2) is 17.3. The van der Waals surface area contributed by atoms with Gasteiger partial charge in [-0.15, -0.1) is 0 Å². The maximum Gasteiger partial charge on any atom is 0.337 e. The number of benzene rings is 11. The standard InChI is InChI=1S/C99H63F15O18/c1-73(2,3)127-67(118)79(64(115)124-19,68(119)128-74(4,5)6)82-46-37-28-22-23-25-27-26-24(22)30-34(28)43-52(46)85(100)87(102)54(43)48-39(30)41-32(26)36-33(27)42-40-31(25)35-29(23)38(37)47(82)53-44(35)55-49(40)84(81(66(117)126-21,71(122)131-77(13,14)15)72(123)132-78(16,17)18)51(42)57-45(36)56-50(41)83(48,80(65(116)125-20,69(120)129-75(7,8)9)70(121)130-76(10,11)12)98(113)93(87,108)60-58-59-61-63-62(60)95(98,110)89(56,104)90(57,105)96(63,111)99(84,114)94(61,109)88(55,103)86(53,101)92(59,107)97(82,112)91(58,85)106/h1-21H3. The van der Waals surface area contributed by atoms with Gasteiger partial charge in [0.1, 0.15) is 49.9 Å². The molecular weight excluding hydrogens is 1760 g/mol. The van der Waals surface area contributed by atoms with E-state index in [1.165, 1.54) is 0 Å². The molecule has 0 N–H and O–H groups in total. The van der Waals surface area contributed by atoms with E-state index in [0.717, 1.165) is 125 Å². The van der Waals surface area contributed by atoms with Crippen LogP contribution in [0.25, 0.3) is 129 Å². The molecule has 0 aromatic heterocycles. The van der Waals surface area contributed by atoms with E-state index < -0.39 is 434 Å². The Morgan fingerprint density at radius 2 is 0.288 bits per heavy atom. The highest BCUT2D eigenvalue weighted by Gasteiger charge is 3.20. The number of carbonyl (C=O) groups is 9. The van der Waals surface area contributed by atoms with E-state index >= 15 is 109 Å². The largest absolute Gasteiger partial charge is 0.468 e. The molecule has 12 unspecified atom stereocenters. The highest BCUT2D eigenvalue weighted by molar-refractivity contribution is 6.69. The number of esters is 9. The van der Waals surface area contributed by atoms with Crippen LogP contribution in [-0.4, -0.2) is 126 Å². The van der Waals surface area contributed by atoms with Gasteiger partial charge in [0, 0.05) is 66.8 Å². The summed E-state index contributed by atoms with van der Waals surface area (Å²) in [5.74, 6) is -23.8. The van der Waals surface area contributed by atoms with Gasteiger partial charge >= 0.3 is 53.7 Å². The zero-order chi connectivity index (χ0) is 94.3. The molecule has 0 bridgehead atoms. The summed E-state index contributed by atoms with van der Waals surface area (Å²) in [6, 6.07) is 0. The molecule has 0 spiro atoms. The van der Waals surface area contributed by atoms with E-state index in [9.17, 15) is 0 Å². The first-order valence-electron chi connectivity index (χ1n) is 43.5. The van der Waals surface area contributed by atoms with Gasteiger partial charge in [-0.3, -0.25) is 43.2 Å². The molecule has 18 nitrogen and oxygen atoms in total. The fraction of sp³-hybridized carbons (Fsp3) is 0.485. The van der Waals surface area contributed by atoms with Crippen molar-refractivity contribution in [1.82, 2.24) is 0 Å². The van der Waals surface area contributed by atoms with Crippen LogP contribution in [-0.2, 0) is 170 Å². The number of methoxy groups -OCH3 is 3. The molecule has 0 heterocycles. The average Bonchev–Trinajstić information content (AvgIpc) is 1.33. The molecule has 32 rings (SSSR count). The predicted molar refractivity (Wildman–Crippen MR) is 429 cm³/mol. The first kappa shape index (κ1) is 76.2. The van der Waals surface area contributed by atoms with Crippen LogP contribution in [0.2, 0.25) is 0 Å². The normalized spacial score (nSPS) is 37.9. The van der Waals surface area contributed by atoms with Crippen molar-refractivity contribution in [2.45, 2.75) is 260 Å². The number of rotatable bonds is 12. The molecule has 18 aliphatic carbocycles. The zero-order valence-corrected chi connectivity index (χ0v) is 73.0. The topological polar surface area (TPSA) is 237 Å². The molecule has 0 amide bonds. The highest BCUT2D eigenvalue weighted by Crippen LogP contribution is 3.08. The Kier molecular flexibility index (Phi) is 9.96. The second-order valence-electron chi connectivity index (χ2n) is 46.6. The molecule has 0 radical (unpaired) electrons. The van der Waals surface area contributed by atoms with Gasteiger partial charge in [0.15, 0.2) is 0 Å². The molecule has 14 aromatic rings. The smallest absolute Gasteiger partial charge is 0.337 e. The van der Waals surface area contributed by atoms with E-state index in [0.29, 0.717) is 21.3 Å². The van der Waals surface area contributed by atoms with Gasteiger partial charge in [0.2, 0.25) is 85.0 Å². The molecule has 0 saturated heterocycles. The molecule has 33 heteroatoms. The lowest BCUT2D eigenvalue weighted by Crippen LogP contribution is -2.90. The van der Waals surface area contributed by atoms with Gasteiger partial charge in [-0.25, -0.2) is 65.9 Å². The molecule has 12 atom stereocenters. The third-order valence-corrected chi connectivity index (χ3v) is 35.9. The van der Waals surface area contributed by atoms with Crippen LogP contribution in [0.1, 0.15) is 225 Å². The lowest BCUT2D eigenvalue weighted by molar-refractivity contribution is -0.372. The van der Waals surface area contributed by atoms with Gasteiger partial charge in [0.25, 0.3) is 16.2 Å². The first-order valence-corrected chi connectivity index (χ1v) is 43.5. The SMILES string of the molecule is COC(=O)C(C(=O)OC(C)(C)C)(C(=O)OC(C)(C)C)C12c3c4c5c6c7c8c9c%10c%11c%12c%13c%14c%15c%16c%17c%18c%19c(c1c1c3c3c5c8c5c3c3c1c%19c%16c3c1c%15c%12c9c51)C1(F)C%18(F)C3(F)c5c8c9c%12c%15c5C(F)(C%13(F)C%11(F)C%15(F)C(F)(C%12(F)C6(F)C4(F)C9(F)C2(F)C81F)C7%10C(C(=O)OC)(C(=O)OC(C)(C)C)C(=O)OC(C)(C)C)C3(F)C%17%14C(C(=O)OC)(C(=O)OC(C)(C)C)C(=O)OC(C)(C)C. The Labute approximate surface area is 728 Å². The van der Waals surface area contributed by atoms with E-state index in [1.807, 2.05) is 0 Å². The van der Waals surface area contributed by atoms with E-state index in [-0.39, 0.29) is 0 Å². The van der Waals surface area contributed by atoms with E-state index in [4.69, 9.17) is 42.6 Å². The van der Waals surface area contributed by atoms with Crippen molar-refractivity contribution in [3.8, 4) is 0 Å². The number of hydrogen-bond acceptors (Lipinski definition) is 18. The Bertz CT molecular complexity index is 7520. The summed E-state index contributed by atoms with van der Waals surface area (Å²) in [5.41, 5.74) is -189. The number of hydrogen-bond donors (Lipinski definition) is 0. The number of ether oxygens (including phenoxy) is 9. The van der Waals surface area contributed by atoms with Gasteiger partial charge in [-0.05, 0) is 287 Å². The van der Waals surface area contributed by atoms with Gasteiger partial charge < -0.3 is 42.6 Å². The summed E-state index contributed by atoms with van der Waals surface area (Å²) in [4.78, 5) is 161. The summed E-state index contributed by atoms with van der Waals surface area (Å²) in [6.45, 7) is 18.5. The minimum absolute atomic E-state index is 0.369. The summed E-state index contributed by atoms with van der Waals surface area (Å²) in [5, 5.41) is -20.2. The Morgan fingerprint density at radius 3 is 0.409 bits per heavy atom. The van der Waals surface area contributed by atoms with Gasteiger partial charge in [-0.1, -0.05) is 0 Å². The van der Waals surface area contributed by atoms with Crippen LogP contribution < -0.4 is 0 Å². The Hall–Kier alpha value is -11.3. The zero-order valence-electron chi connectivity index (χ0n) is 73.0. The van der Waals surface area contributed by atoms with Crippen LogP contribution in [0.4, 0.5) is 65.9 Å². The molecule has 14 aromatic carbocycles. The number of carbonyl (C=O) groups excluding carboxylic acids is 9. The first-order chi connectivity index (χ1) is 60.7. The van der Waals surface area contributed by atoms with Crippen LogP contribution >= 0.6 is 0 Å². The van der Waals surface area contributed by atoms with Gasteiger partial charge in [-0.2, -0.15) is 0 Å². The Morgan fingerprint density at radius 1 is 0.167 bits per heavy atom. The van der Waals surface area contributed by atoms with Gasteiger partial charge in [0.05, 0.1) is 21.3 Å². The predicted octanol–water partition coefficient (Wildman–Crippen LogP) is 17.8. The minimum Gasteiger partial charge on any atom is -0.468 e. The van der Waals surface area contributed by atoms with Crippen molar-refractivity contribution < 1.29 is 152 Å². The van der Waals surface area contributed by atoms with Crippen LogP contribution in [0.3, 0.4) is 0 Å². The fourth-order valence-corrected chi connectivity index (χ4v) is 34.9. The average molecular weight is 1830 g/mol. The summed E-state index contributed by atoms with van der Waals surface area (Å²) < 4.78 is 428. The molecular formula is C99H63F15O18. The number of alkyl halides is 15. The summed E-state index contributed by atoms with van der Waals surface area (Å²) >= 11 is 0. The minimum atomic E-state index is -6.86. The molecule has 132 heavy (non-hydrogen) atoms. The lowest BCUT2D eigenvalue weighted by atomic mass is 9.32. The monoisotopic (exact) mass is 1820 g/mol. The molecule has 672 valence electrons. The van der Waals surface area contributed by atoms with Crippen LogP contribution in [0.15, 0.2) is 0 Å². The molecule has 0 fully saturated rings. The summed E-state index contributed by atoms with van der Waals surface area (Å²) in [6.07, 6.45) is 0. The maximum atomic E-state index is 25.5. The third-order valence-electron chi connectivity index (χ3n) is 35.9.